The highest BCUT2D eigenvalue weighted by molar-refractivity contribution is 7.91. The Morgan fingerprint density at radius 2 is 2.15 bits per heavy atom. The van der Waals surface area contributed by atoms with Gasteiger partial charge in [0.05, 0.1) is 11.5 Å². The van der Waals surface area contributed by atoms with Crippen LogP contribution in [0.1, 0.15) is 30.7 Å². The Kier molecular flexibility index (Phi) is 3.84. The van der Waals surface area contributed by atoms with E-state index >= 15 is 0 Å². The zero-order valence-electron chi connectivity index (χ0n) is 11.5. The van der Waals surface area contributed by atoms with Crippen molar-refractivity contribution in [3.8, 4) is 0 Å². The van der Waals surface area contributed by atoms with Crippen LogP contribution in [0.15, 0.2) is 30.3 Å². The van der Waals surface area contributed by atoms with Crippen molar-refractivity contribution in [3.63, 3.8) is 0 Å². The van der Waals surface area contributed by atoms with Gasteiger partial charge in [-0.15, -0.1) is 11.3 Å². The topological polar surface area (TPSA) is 46.2 Å². The van der Waals surface area contributed by atoms with Crippen molar-refractivity contribution in [1.82, 2.24) is 5.32 Å². The molecule has 1 N–H and O–H groups in total. The molecule has 2 unspecified atom stereocenters. The third-order valence-electron chi connectivity index (χ3n) is 3.82. The van der Waals surface area contributed by atoms with Crippen molar-refractivity contribution in [1.29, 1.82) is 0 Å². The molecule has 0 aliphatic carbocycles. The van der Waals surface area contributed by atoms with Gasteiger partial charge in [0.2, 0.25) is 0 Å². The maximum absolute atomic E-state index is 11.7. The summed E-state index contributed by atoms with van der Waals surface area (Å²) in [6.07, 6.45) is 1.73. The van der Waals surface area contributed by atoms with E-state index in [2.05, 4.69) is 36.5 Å². The average molecular weight is 309 g/mol. The van der Waals surface area contributed by atoms with Crippen LogP contribution in [0.25, 0.3) is 10.1 Å². The SMILES string of the molecule is CC(NC1CCCS(=O)(=O)C1)c1cc2ccccc2s1. The molecule has 2 aromatic rings. The molecule has 3 nitrogen and oxygen atoms in total. The number of nitrogens with one attached hydrogen (secondary N) is 1. The quantitative estimate of drug-likeness (QED) is 0.947. The predicted octanol–water partition coefficient (Wildman–Crippen LogP) is 3.13. The van der Waals surface area contributed by atoms with Gasteiger partial charge in [-0.05, 0) is 37.3 Å². The van der Waals surface area contributed by atoms with E-state index in [0.29, 0.717) is 5.75 Å². The monoisotopic (exact) mass is 309 g/mol. The minimum absolute atomic E-state index is 0.0916. The van der Waals surface area contributed by atoms with Crippen LogP contribution in [0.4, 0.5) is 0 Å². The molecule has 0 bridgehead atoms. The van der Waals surface area contributed by atoms with Crippen molar-refractivity contribution in [2.75, 3.05) is 11.5 Å². The van der Waals surface area contributed by atoms with Crippen LogP contribution in [0.2, 0.25) is 0 Å². The lowest BCUT2D eigenvalue weighted by Gasteiger charge is -2.26. The maximum Gasteiger partial charge on any atom is 0.151 e. The second kappa shape index (κ2) is 5.47. The lowest BCUT2D eigenvalue weighted by molar-refractivity contribution is 0.441. The first kappa shape index (κ1) is 14.0. The minimum Gasteiger partial charge on any atom is -0.306 e. The minimum atomic E-state index is -2.84. The second-order valence-corrected chi connectivity index (χ2v) is 8.87. The lowest BCUT2D eigenvalue weighted by atomic mass is 10.1. The van der Waals surface area contributed by atoms with Gasteiger partial charge in [0.25, 0.3) is 0 Å². The number of fused-ring (bicyclic) bond motifs is 1. The second-order valence-electron chi connectivity index (χ2n) is 5.53. The molecule has 3 rings (SSSR count). The molecule has 0 spiro atoms. The summed E-state index contributed by atoms with van der Waals surface area (Å²) in [6.45, 7) is 2.12. The summed E-state index contributed by atoms with van der Waals surface area (Å²) in [5.41, 5.74) is 0. The normalized spacial score (nSPS) is 23.8. The van der Waals surface area contributed by atoms with E-state index in [1.807, 2.05) is 6.07 Å². The molecule has 2 atom stereocenters. The third-order valence-corrected chi connectivity index (χ3v) is 6.94. The highest BCUT2D eigenvalue weighted by Crippen LogP contribution is 2.30. The molecule has 1 aliphatic rings. The highest BCUT2D eigenvalue weighted by Gasteiger charge is 2.26. The lowest BCUT2D eigenvalue weighted by Crippen LogP contribution is -2.41. The van der Waals surface area contributed by atoms with Crippen molar-refractivity contribution >= 4 is 31.3 Å². The van der Waals surface area contributed by atoms with Gasteiger partial charge in [-0.3, -0.25) is 0 Å². The molecule has 1 fully saturated rings. The molecule has 5 heteroatoms. The van der Waals surface area contributed by atoms with Gasteiger partial charge in [0.15, 0.2) is 9.84 Å². The van der Waals surface area contributed by atoms with Gasteiger partial charge in [-0.1, -0.05) is 18.2 Å². The van der Waals surface area contributed by atoms with E-state index < -0.39 is 9.84 Å². The smallest absolute Gasteiger partial charge is 0.151 e. The summed E-state index contributed by atoms with van der Waals surface area (Å²) in [5.74, 6) is 0.630. The van der Waals surface area contributed by atoms with Crippen molar-refractivity contribution in [3.05, 3.63) is 35.2 Å². The van der Waals surface area contributed by atoms with Crippen LogP contribution in [0, 0.1) is 0 Å². The van der Waals surface area contributed by atoms with Gasteiger partial charge < -0.3 is 5.32 Å². The van der Waals surface area contributed by atoms with E-state index in [4.69, 9.17) is 0 Å². The fourth-order valence-electron chi connectivity index (χ4n) is 2.81. The Labute approximate surface area is 123 Å². The van der Waals surface area contributed by atoms with Crippen LogP contribution in [-0.2, 0) is 9.84 Å². The van der Waals surface area contributed by atoms with Crippen LogP contribution in [0.5, 0.6) is 0 Å². The number of hydrogen-bond donors (Lipinski definition) is 1. The summed E-state index contributed by atoms with van der Waals surface area (Å²) in [7, 11) is -2.84. The fourth-order valence-corrected chi connectivity index (χ4v) is 5.53. The molecule has 108 valence electrons. The molecule has 0 radical (unpaired) electrons. The van der Waals surface area contributed by atoms with Crippen LogP contribution < -0.4 is 5.32 Å². The molecule has 0 saturated carbocycles. The van der Waals surface area contributed by atoms with E-state index in [0.717, 1.165) is 12.8 Å². The maximum atomic E-state index is 11.7. The largest absolute Gasteiger partial charge is 0.306 e. The molecular formula is C15H19NO2S2. The molecular weight excluding hydrogens is 290 g/mol. The molecule has 1 aromatic heterocycles. The standard InChI is InChI=1S/C15H19NO2S2/c1-11(16-13-6-4-8-20(17,18)10-13)15-9-12-5-2-3-7-14(12)19-15/h2-3,5,7,9,11,13,16H,4,6,8,10H2,1H3. The van der Waals surface area contributed by atoms with Crippen molar-refractivity contribution < 1.29 is 8.42 Å². The van der Waals surface area contributed by atoms with Gasteiger partial charge in [-0.25, -0.2) is 8.42 Å². The number of thiophene rings is 1. The number of rotatable bonds is 3. The van der Waals surface area contributed by atoms with Crippen molar-refractivity contribution in [2.45, 2.75) is 31.8 Å². The average Bonchev–Trinajstić information content (AvgIpc) is 2.81. The van der Waals surface area contributed by atoms with Crippen LogP contribution in [-0.4, -0.2) is 26.0 Å². The Hall–Kier alpha value is -0.910. The van der Waals surface area contributed by atoms with Gasteiger partial charge in [0, 0.05) is 21.7 Å². The number of hydrogen-bond acceptors (Lipinski definition) is 4. The number of sulfone groups is 1. The molecule has 1 saturated heterocycles. The molecule has 0 amide bonds. The van der Waals surface area contributed by atoms with E-state index in [-0.39, 0.29) is 17.8 Å². The van der Waals surface area contributed by atoms with Crippen LogP contribution in [0.3, 0.4) is 0 Å². The first-order valence-electron chi connectivity index (χ1n) is 6.98. The van der Waals surface area contributed by atoms with Crippen molar-refractivity contribution in [2.24, 2.45) is 0 Å². The number of benzene rings is 1. The molecule has 1 aliphatic heterocycles. The molecule has 20 heavy (non-hydrogen) atoms. The molecule has 2 heterocycles. The Morgan fingerprint density at radius 1 is 1.35 bits per heavy atom. The summed E-state index contributed by atoms with van der Waals surface area (Å²) in [6, 6.07) is 10.8. The van der Waals surface area contributed by atoms with Gasteiger partial charge >= 0.3 is 0 Å². The zero-order chi connectivity index (χ0) is 14.2. The summed E-state index contributed by atoms with van der Waals surface area (Å²) < 4.78 is 24.6. The summed E-state index contributed by atoms with van der Waals surface area (Å²) in [4.78, 5) is 1.27. The Balaban J connectivity index is 1.74. The first-order valence-corrected chi connectivity index (χ1v) is 9.62. The van der Waals surface area contributed by atoms with E-state index in [9.17, 15) is 8.42 Å². The summed E-state index contributed by atoms with van der Waals surface area (Å²) >= 11 is 1.78. The summed E-state index contributed by atoms with van der Waals surface area (Å²) in [5, 5.41) is 4.74. The van der Waals surface area contributed by atoms with Gasteiger partial charge in [0.1, 0.15) is 0 Å². The third kappa shape index (κ3) is 3.05. The zero-order valence-corrected chi connectivity index (χ0v) is 13.1. The Bertz CT molecular complexity index is 672. The van der Waals surface area contributed by atoms with Crippen LogP contribution >= 0.6 is 11.3 Å². The highest BCUT2D eigenvalue weighted by atomic mass is 32.2. The van der Waals surface area contributed by atoms with E-state index in [1.165, 1.54) is 15.0 Å². The molecule has 1 aromatic carbocycles. The van der Waals surface area contributed by atoms with E-state index in [1.54, 1.807) is 11.3 Å². The van der Waals surface area contributed by atoms with Gasteiger partial charge in [-0.2, -0.15) is 0 Å². The Morgan fingerprint density at radius 3 is 2.90 bits per heavy atom. The first-order chi connectivity index (χ1) is 9.53. The predicted molar refractivity (Wildman–Crippen MR) is 85.1 cm³/mol. The fraction of sp³-hybridized carbons (Fsp3) is 0.467.